The lowest BCUT2D eigenvalue weighted by Crippen LogP contribution is -2.28. The standard InChI is InChI=1S/C23H23N7OS/c1-28(21(31)16-32-23-24-26-27-30(23)20-12-13-20)14-18-15-29(19-10-6-3-7-11-19)25-22(18)17-8-4-2-5-9-17/h2-11,15,20H,12-14,16H2,1H3. The summed E-state index contributed by atoms with van der Waals surface area (Å²) in [5.74, 6) is 0.309. The highest BCUT2D eigenvalue weighted by Gasteiger charge is 2.28. The number of hydrogen-bond donors (Lipinski definition) is 0. The molecular formula is C23H23N7OS. The van der Waals surface area contributed by atoms with Crippen LogP contribution in [-0.2, 0) is 11.3 Å². The Kier molecular flexibility index (Phi) is 5.72. The molecule has 1 fully saturated rings. The molecule has 162 valence electrons. The van der Waals surface area contributed by atoms with Crippen LogP contribution < -0.4 is 0 Å². The molecule has 8 nitrogen and oxygen atoms in total. The van der Waals surface area contributed by atoms with Crippen molar-refractivity contribution in [2.24, 2.45) is 0 Å². The van der Waals surface area contributed by atoms with Crippen molar-refractivity contribution in [1.82, 2.24) is 34.9 Å². The third-order valence-electron chi connectivity index (χ3n) is 5.37. The summed E-state index contributed by atoms with van der Waals surface area (Å²) in [7, 11) is 1.82. The predicted molar refractivity (Wildman–Crippen MR) is 122 cm³/mol. The molecule has 0 radical (unpaired) electrons. The van der Waals surface area contributed by atoms with Gasteiger partial charge in [0.2, 0.25) is 11.1 Å². The van der Waals surface area contributed by atoms with Crippen molar-refractivity contribution in [3.63, 3.8) is 0 Å². The Bertz CT molecular complexity index is 1200. The summed E-state index contributed by atoms with van der Waals surface area (Å²) in [6, 6.07) is 20.4. The number of benzene rings is 2. The molecule has 1 aliphatic rings. The van der Waals surface area contributed by atoms with Crippen molar-refractivity contribution < 1.29 is 4.79 Å². The Morgan fingerprint density at radius 2 is 1.81 bits per heavy atom. The summed E-state index contributed by atoms with van der Waals surface area (Å²) >= 11 is 1.39. The molecule has 1 aliphatic carbocycles. The third-order valence-corrected chi connectivity index (χ3v) is 6.29. The van der Waals surface area contributed by atoms with Gasteiger partial charge in [0.25, 0.3) is 0 Å². The molecule has 2 aromatic carbocycles. The Morgan fingerprint density at radius 3 is 2.53 bits per heavy atom. The van der Waals surface area contributed by atoms with Gasteiger partial charge in [0.05, 0.1) is 23.2 Å². The number of thioether (sulfide) groups is 1. The number of nitrogens with zero attached hydrogens (tertiary/aromatic N) is 7. The van der Waals surface area contributed by atoms with Crippen molar-refractivity contribution >= 4 is 17.7 Å². The Morgan fingerprint density at radius 1 is 1.09 bits per heavy atom. The van der Waals surface area contributed by atoms with Crippen molar-refractivity contribution in [1.29, 1.82) is 0 Å². The van der Waals surface area contributed by atoms with E-state index in [0.717, 1.165) is 35.3 Å². The maximum absolute atomic E-state index is 12.9. The van der Waals surface area contributed by atoms with E-state index in [-0.39, 0.29) is 11.7 Å². The maximum Gasteiger partial charge on any atom is 0.233 e. The largest absolute Gasteiger partial charge is 0.341 e. The zero-order valence-corrected chi connectivity index (χ0v) is 18.5. The van der Waals surface area contributed by atoms with Gasteiger partial charge >= 0.3 is 0 Å². The van der Waals surface area contributed by atoms with Crippen LogP contribution in [0.5, 0.6) is 0 Å². The van der Waals surface area contributed by atoms with E-state index in [1.165, 1.54) is 11.8 Å². The average Bonchev–Trinajstić information content (AvgIpc) is 3.42. The van der Waals surface area contributed by atoms with Crippen LogP contribution in [0, 0.1) is 0 Å². The lowest BCUT2D eigenvalue weighted by molar-refractivity contribution is -0.127. The molecule has 5 rings (SSSR count). The van der Waals surface area contributed by atoms with Crippen LogP contribution in [0.4, 0.5) is 0 Å². The fraction of sp³-hybridized carbons (Fsp3) is 0.261. The van der Waals surface area contributed by atoms with Crippen LogP contribution >= 0.6 is 11.8 Å². The van der Waals surface area contributed by atoms with Gasteiger partial charge in [0, 0.05) is 30.9 Å². The Balaban J connectivity index is 1.33. The van der Waals surface area contributed by atoms with E-state index in [0.29, 0.717) is 17.7 Å². The van der Waals surface area contributed by atoms with Crippen molar-refractivity contribution in [2.75, 3.05) is 12.8 Å². The number of aromatic nitrogens is 6. The molecule has 9 heteroatoms. The smallest absolute Gasteiger partial charge is 0.233 e. The zero-order valence-electron chi connectivity index (χ0n) is 17.7. The van der Waals surface area contributed by atoms with Gasteiger partial charge in [0.1, 0.15) is 0 Å². The van der Waals surface area contributed by atoms with Gasteiger partial charge in [-0.3, -0.25) is 4.79 Å². The highest BCUT2D eigenvalue weighted by molar-refractivity contribution is 7.99. The molecule has 0 aliphatic heterocycles. The SMILES string of the molecule is CN(Cc1cn(-c2ccccc2)nc1-c1ccccc1)C(=O)CSc1nnnn1C1CC1. The summed E-state index contributed by atoms with van der Waals surface area (Å²) in [6.45, 7) is 0.462. The van der Waals surface area contributed by atoms with E-state index in [1.54, 1.807) is 4.90 Å². The van der Waals surface area contributed by atoms with Crippen LogP contribution in [0.25, 0.3) is 16.9 Å². The number of amides is 1. The highest BCUT2D eigenvalue weighted by Crippen LogP contribution is 2.36. The van der Waals surface area contributed by atoms with E-state index >= 15 is 0 Å². The van der Waals surface area contributed by atoms with Gasteiger partial charge < -0.3 is 4.90 Å². The lowest BCUT2D eigenvalue weighted by atomic mass is 10.1. The van der Waals surface area contributed by atoms with E-state index in [4.69, 9.17) is 5.10 Å². The first-order valence-corrected chi connectivity index (χ1v) is 11.5. The minimum atomic E-state index is 0.0202. The molecule has 1 amide bonds. The fourth-order valence-corrected chi connectivity index (χ4v) is 4.37. The second kappa shape index (κ2) is 8.96. The summed E-state index contributed by atoms with van der Waals surface area (Å²) in [5, 5.41) is 17.4. The lowest BCUT2D eigenvalue weighted by Gasteiger charge is -2.16. The van der Waals surface area contributed by atoms with Gasteiger partial charge in [-0.05, 0) is 35.4 Å². The molecule has 0 saturated heterocycles. The van der Waals surface area contributed by atoms with Gasteiger partial charge in [0.15, 0.2) is 0 Å². The molecule has 0 N–H and O–H groups in total. The van der Waals surface area contributed by atoms with E-state index in [2.05, 4.69) is 15.5 Å². The minimum absolute atomic E-state index is 0.0202. The normalized spacial score (nSPS) is 13.3. The first-order chi connectivity index (χ1) is 15.7. The molecule has 1 saturated carbocycles. The maximum atomic E-state index is 12.9. The first kappa shape index (κ1) is 20.4. The van der Waals surface area contributed by atoms with Crippen LogP contribution in [0.3, 0.4) is 0 Å². The first-order valence-electron chi connectivity index (χ1n) is 10.5. The van der Waals surface area contributed by atoms with Crippen LogP contribution in [0.2, 0.25) is 0 Å². The number of rotatable bonds is 8. The predicted octanol–water partition coefficient (Wildman–Crippen LogP) is 3.61. The monoisotopic (exact) mass is 445 g/mol. The number of tetrazole rings is 1. The third kappa shape index (κ3) is 4.43. The molecule has 2 heterocycles. The molecular weight excluding hydrogens is 422 g/mol. The topological polar surface area (TPSA) is 81.7 Å². The molecule has 0 spiro atoms. The van der Waals surface area contributed by atoms with Crippen molar-refractivity contribution in [3.8, 4) is 16.9 Å². The second-order valence-electron chi connectivity index (χ2n) is 7.82. The van der Waals surface area contributed by atoms with Gasteiger partial charge in [-0.2, -0.15) is 5.10 Å². The van der Waals surface area contributed by atoms with E-state index in [1.807, 2.05) is 83.3 Å². The Labute approximate surface area is 190 Å². The van der Waals surface area contributed by atoms with Crippen molar-refractivity contribution in [3.05, 3.63) is 72.4 Å². The van der Waals surface area contributed by atoms with Crippen molar-refractivity contribution in [2.45, 2.75) is 30.6 Å². The average molecular weight is 446 g/mol. The quantitative estimate of drug-likeness (QED) is 0.386. The van der Waals surface area contributed by atoms with Gasteiger partial charge in [-0.1, -0.05) is 60.3 Å². The fourth-order valence-electron chi connectivity index (χ4n) is 3.49. The van der Waals surface area contributed by atoms with E-state index < -0.39 is 0 Å². The highest BCUT2D eigenvalue weighted by atomic mass is 32.2. The Hall–Kier alpha value is -3.46. The molecule has 32 heavy (non-hydrogen) atoms. The summed E-state index contributed by atoms with van der Waals surface area (Å²) in [5.41, 5.74) is 3.87. The summed E-state index contributed by atoms with van der Waals surface area (Å²) in [4.78, 5) is 14.6. The van der Waals surface area contributed by atoms with Crippen LogP contribution in [0.15, 0.2) is 72.0 Å². The molecule has 0 bridgehead atoms. The van der Waals surface area contributed by atoms with Crippen LogP contribution in [0.1, 0.15) is 24.4 Å². The van der Waals surface area contributed by atoms with E-state index in [9.17, 15) is 4.79 Å². The number of para-hydroxylation sites is 1. The second-order valence-corrected chi connectivity index (χ2v) is 8.77. The number of carbonyl (C=O) groups excluding carboxylic acids is 1. The van der Waals surface area contributed by atoms with Crippen LogP contribution in [-0.4, -0.2) is 53.6 Å². The summed E-state index contributed by atoms with van der Waals surface area (Å²) < 4.78 is 3.70. The zero-order chi connectivity index (χ0) is 21.9. The molecule has 2 aromatic heterocycles. The number of hydrogen-bond acceptors (Lipinski definition) is 6. The van der Waals surface area contributed by atoms with Gasteiger partial charge in [-0.15, -0.1) is 5.10 Å². The number of carbonyl (C=O) groups is 1. The molecule has 0 unspecified atom stereocenters. The molecule has 4 aromatic rings. The van der Waals surface area contributed by atoms with Gasteiger partial charge in [-0.25, -0.2) is 9.36 Å². The summed E-state index contributed by atoms with van der Waals surface area (Å²) in [6.07, 6.45) is 4.20. The molecule has 0 atom stereocenters. The minimum Gasteiger partial charge on any atom is -0.341 e.